The highest BCUT2D eigenvalue weighted by Crippen LogP contribution is 2.32. The van der Waals surface area contributed by atoms with Crippen LogP contribution in [0.2, 0.25) is 0 Å². The number of hydrogen-bond acceptors (Lipinski definition) is 5. The molecule has 1 aromatic carbocycles. The Morgan fingerprint density at radius 3 is 2.47 bits per heavy atom. The molecule has 0 saturated carbocycles. The molecule has 0 spiro atoms. The van der Waals surface area contributed by atoms with Crippen molar-refractivity contribution in [2.24, 2.45) is 0 Å². The van der Waals surface area contributed by atoms with Crippen LogP contribution in [0.1, 0.15) is 73.4 Å². The van der Waals surface area contributed by atoms with Gasteiger partial charge < -0.3 is 15.5 Å². The van der Waals surface area contributed by atoms with Gasteiger partial charge in [-0.05, 0) is 29.9 Å². The summed E-state index contributed by atoms with van der Waals surface area (Å²) in [6.07, 6.45) is 2.08. The fraction of sp³-hybridized carbons (Fsp3) is 0.500. The minimum Gasteiger partial charge on any atom is -0.359 e. The number of amides is 3. The van der Waals surface area contributed by atoms with Crippen molar-refractivity contribution < 1.29 is 14.4 Å². The zero-order valence-corrected chi connectivity index (χ0v) is 20.1. The van der Waals surface area contributed by atoms with Gasteiger partial charge in [-0.25, -0.2) is 4.98 Å². The lowest BCUT2D eigenvalue weighted by Crippen LogP contribution is -2.38. The number of benzene rings is 1. The Hall–Kier alpha value is -2.74. The number of nitrogens with one attached hydrogen (secondary N) is 2. The minimum atomic E-state index is -0.203. The molecular formula is C24H32N4O3S. The second-order valence-electron chi connectivity index (χ2n) is 9.15. The molecule has 1 aliphatic rings. The monoisotopic (exact) mass is 456 g/mol. The van der Waals surface area contributed by atoms with Crippen LogP contribution in [0.4, 0.5) is 5.69 Å². The van der Waals surface area contributed by atoms with E-state index in [-0.39, 0.29) is 41.9 Å². The molecule has 2 aromatic rings. The van der Waals surface area contributed by atoms with E-state index in [0.717, 1.165) is 29.1 Å². The summed E-state index contributed by atoms with van der Waals surface area (Å²) in [4.78, 5) is 42.9. The van der Waals surface area contributed by atoms with Gasteiger partial charge in [-0.15, -0.1) is 11.3 Å². The molecule has 3 amide bonds. The maximum atomic E-state index is 12.8. The molecule has 1 aliphatic heterocycles. The highest BCUT2D eigenvalue weighted by Gasteiger charge is 2.27. The fourth-order valence-corrected chi connectivity index (χ4v) is 4.86. The van der Waals surface area contributed by atoms with Gasteiger partial charge in [0.1, 0.15) is 5.69 Å². The molecule has 8 heteroatoms. The normalized spacial score (nSPS) is 14.8. The molecule has 1 saturated heterocycles. The molecule has 32 heavy (non-hydrogen) atoms. The van der Waals surface area contributed by atoms with E-state index >= 15 is 0 Å². The van der Waals surface area contributed by atoms with Crippen LogP contribution < -0.4 is 10.6 Å². The third kappa shape index (κ3) is 5.94. The number of anilines is 1. The molecule has 0 unspecified atom stereocenters. The first-order valence-corrected chi connectivity index (χ1v) is 11.9. The number of piperidine rings is 1. The van der Waals surface area contributed by atoms with Crippen molar-refractivity contribution in [2.45, 2.75) is 57.8 Å². The van der Waals surface area contributed by atoms with Crippen molar-refractivity contribution in [3.05, 3.63) is 45.9 Å². The van der Waals surface area contributed by atoms with E-state index in [0.29, 0.717) is 18.8 Å². The maximum Gasteiger partial charge on any atom is 0.275 e. The first-order chi connectivity index (χ1) is 15.2. The number of hydrogen-bond donors (Lipinski definition) is 2. The van der Waals surface area contributed by atoms with Gasteiger partial charge in [-0.3, -0.25) is 14.4 Å². The predicted molar refractivity (Wildman–Crippen MR) is 127 cm³/mol. The smallest absolute Gasteiger partial charge is 0.275 e. The molecular weight excluding hydrogens is 424 g/mol. The minimum absolute atomic E-state index is 0.0174. The summed E-state index contributed by atoms with van der Waals surface area (Å²) in [7, 11) is 1.57. The molecule has 7 nitrogen and oxygen atoms in total. The summed E-state index contributed by atoms with van der Waals surface area (Å²) in [6.45, 7) is 7.66. The van der Waals surface area contributed by atoms with Crippen molar-refractivity contribution in [3.8, 4) is 0 Å². The summed E-state index contributed by atoms with van der Waals surface area (Å²) in [5, 5.41) is 8.31. The van der Waals surface area contributed by atoms with E-state index in [4.69, 9.17) is 0 Å². The van der Waals surface area contributed by atoms with E-state index in [1.807, 2.05) is 34.5 Å². The molecule has 1 fully saturated rings. The zero-order valence-electron chi connectivity index (χ0n) is 19.2. The van der Waals surface area contributed by atoms with E-state index in [9.17, 15) is 14.4 Å². The number of thiazole rings is 1. The van der Waals surface area contributed by atoms with Crippen molar-refractivity contribution >= 4 is 34.7 Å². The van der Waals surface area contributed by atoms with E-state index < -0.39 is 0 Å². The molecule has 0 atom stereocenters. The van der Waals surface area contributed by atoms with Gasteiger partial charge in [-0.1, -0.05) is 39.0 Å². The molecule has 0 radical (unpaired) electrons. The topological polar surface area (TPSA) is 91.4 Å². The molecule has 0 aliphatic carbocycles. The van der Waals surface area contributed by atoms with Crippen LogP contribution in [0.3, 0.4) is 0 Å². The van der Waals surface area contributed by atoms with Crippen molar-refractivity contribution in [3.63, 3.8) is 0 Å². The molecule has 172 valence electrons. The molecule has 0 bridgehead atoms. The SMILES string of the molecule is CNC(=O)CCC(=O)N1CCC(c2nc(C(=O)Nc3ccccc3C(C)(C)C)cs2)CC1. The van der Waals surface area contributed by atoms with Crippen LogP contribution in [-0.2, 0) is 15.0 Å². The molecule has 1 aromatic heterocycles. The number of aromatic nitrogens is 1. The van der Waals surface area contributed by atoms with Gasteiger partial charge in [0.2, 0.25) is 11.8 Å². The number of carbonyl (C=O) groups excluding carboxylic acids is 3. The van der Waals surface area contributed by atoms with E-state index in [1.165, 1.54) is 11.3 Å². The Morgan fingerprint density at radius 2 is 1.81 bits per heavy atom. The first kappa shape index (κ1) is 23.9. The Bertz CT molecular complexity index is 972. The van der Waals surface area contributed by atoms with Gasteiger partial charge in [-0.2, -0.15) is 0 Å². The Kier molecular flexibility index (Phi) is 7.66. The van der Waals surface area contributed by atoms with Crippen LogP contribution in [-0.4, -0.2) is 47.7 Å². The highest BCUT2D eigenvalue weighted by molar-refractivity contribution is 7.10. The first-order valence-electron chi connectivity index (χ1n) is 11.0. The lowest BCUT2D eigenvalue weighted by molar-refractivity contribution is -0.134. The van der Waals surface area contributed by atoms with Crippen LogP contribution in [0.15, 0.2) is 29.6 Å². The number of likely N-dealkylation sites (tertiary alicyclic amines) is 1. The average Bonchev–Trinajstić information content (AvgIpc) is 3.27. The molecule has 2 heterocycles. The zero-order chi connectivity index (χ0) is 23.3. The summed E-state index contributed by atoms with van der Waals surface area (Å²) >= 11 is 1.50. The second-order valence-corrected chi connectivity index (χ2v) is 10.0. The lowest BCUT2D eigenvalue weighted by Gasteiger charge is -2.31. The Balaban J connectivity index is 1.57. The number of para-hydroxylation sites is 1. The van der Waals surface area contributed by atoms with Crippen LogP contribution >= 0.6 is 11.3 Å². The average molecular weight is 457 g/mol. The quantitative estimate of drug-likeness (QED) is 0.689. The predicted octanol–water partition coefficient (Wildman–Crippen LogP) is 3.93. The Morgan fingerprint density at radius 1 is 1.12 bits per heavy atom. The third-order valence-corrected chi connectivity index (χ3v) is 6.79. The van der Waals surface area contributed by atoms with Gasteiger partial charge in [0.25, 0.3) is 5.91 Å². The number of rotatable bonds is 6. The van der Waals surface area contributed by atoms with Gasteiger partial charge in [0.05, 0.1) is 5.01 Å². The molecule has 2 N–H and O–H groups in total. The largest absolute Gasteiger partial charge is 0.359 e. The second kappa shape index (κ2) is 10.3. The number of nitrogens with zero attached hydrogens (tertiary/aromatic N) is 2. The van der Waals surface area contributed by atoms with E-state index in [2.05, 4.69) is 36.4 Å². The lowest BCUT2D eigenvalue weighted by atomic mass is 9.86. The third-order valence-electron chi connectivity index (χ3n) is 5.78. The molecule has 3 rings (SSSR count). The Labute approximate surface area is 193 Å². The van der Waals surface area contributed by atoms with Gasteiger partial charge in [0.15, 0.2) is 0 Å². The summed E-state index contributed by atoms with van der Waals surface area (Å²) in [6, 6.07) is 7.85. The van der Waals surface area contributed by atoms with Gasteiger partial charge >= 0.3 is 0 Å². The number of carbonyl (C=O) groups is 3. The fourth-order valence-electron chi connectivity index (χ4n) is 3.89. The van der Waals surface area contributed by atoms with E-state index in [1.54, 1.807) is 7.05 Å². The van der Waals surface area contributed by atoms with Crippen molar-refractivity contribution in [1.29, 1.82) is 0 Å². The summed E-state index contributed by atoms with van der Waals surface area (Å²) < 4.78 is 0. The summed E-state index contributed by atoms with van der Waals surface area (Å²) in [5.41, 5.74) is 2.24. The van der Waals surface area contributed by atoms with Crippen molar-refractivity contribution in [1.82, 2.24) is 15.2 Å². The maximum absolute atomic E-state index is 12.8. The van der Waals surface area contributed by atoms with Crippen LogP contribution in [0.25, 0.3) is 0 Å². The standard InChI is InChI=1S/C24H32N4O3S/c1-24(2,3)17-7-5-6-8-18(17)26-22(31)19-15-32-23(27-19)16-11-13-28(14-12-16)21(30)10-9-20(29)25-4/h5-8,15-16H,9-14H2,1-4H3,(H,25,29)(H,26,31). The highest BCUT2D eigenvalue weighted by atomic mass is 32.1. The van der Waals surface area contributed by atoms with Crippen molar-refractivity contribution in [2.75, 3.05) is 25.5 Å². The van der Waals surface area contributed by atoms with Crippen LogP contribution in [0.5, 0.6) is 0 Å². The van der Waals surface area contributed by atoms with Crippen LogP contribution in [0, 0.1) is 0 Å². The summed E-state index contributed by atoms with van der Waals surface area (Å²) in [5.74, 6) is -0.0619. The van der Waals surface area contributed by atoms with Gasteiger partial charge in [0, 0.05) is 50.0 Å².